The smallest absolute Gasteiger partial charge is 0.351 e. The van der Waals surface area contributed by atoms with Gasteiger partial charge in [-0.25, -0.2) is 4.79 Å². The highest BCUT2D eigenvalue weighted by molar-refractivity contribution is 5.23. The molecule has 0 radical (unpaired) electrons. The third-order valence-corrected chi connectivity index (χ3v) is 3.11. The van der Waals surface area contributed by atoms with Crippen molar-refractivity contribution in [1.82, 2.24) is 9.55 Å². The molecule has 0 bridgehead atoms. The van der Waals surface area contributed by atoms with Crippen LogP contribution in [0.2, 0.25) is 0 Å². The van der Waals surface area contributed by atoms with Gasteiger partial charge >= 0.3 is 5.69 Å². The number of ether oxygens (including phenoxy) is 2. The summed E-state index contributed by atoms with van der Waals surface area (Å²) in [5.41, 5.74) is 4.91. The number of nitrogens with zero attached hydrogens (tertiary/aromatic N) is 2. The zero-order valence-corrected chi connectivity index (χ0v) is 10.3. The largest absolute Gasteiger partial charge is 0.388 e. The molecule has 3 N–H and O–H groups in total. The van der Waals surface area contributed by atoms with Crippen LogP contribution in [0, 0.1) is 0 Å². The summed E-state index contributed by atoms with van der Waals surface area (Å²) in [5, 5.41) is 10.0. The Morgan fingerprint density at radius 3 is 2.94 bits per heavy atom. The molecule has 0 aromatic carbocycles. The van der Waals surface area contributed by atoms with Crippen LogP contribution in [-0.4, -0.2) is 40.1 Å². The topological polar surface area (TPSA) is 99.6 Å². The van der Waals surface area contributed by atoms with E-state index >= 15 is 0 Å². The van der Waals surface area contributed by atoms with Crippen molar-refractivity contribution >= 4 is 5.82 Å². The molecule has 0 spiro atoms. The molecule has 0 amide bonds. The van der Waals surface area contributed by atoms with E-state index < -0.39 is 24.1 Å². The van der Waals surface area contributed by atoms with Crippen LogP contribution in [0.15, 0.2) is 17.1 Å². The first kappa shape index (κ1) is 13.0. The number of aliphatic hydroxyl groups is 1. The van der Waals surface area contributed by atoms with Gasteiger partial charge < -0.3 is 20.3 Å². The summed E-state index contributed by atoms with van der Waals surface area (Å²) in [4.78, 5) is 15.4. The highest BCUT2D eigenvalue weighted by atomic mass is 16.6. The number of nitrogen functional groups attached to an aromatic ring is 1. The van der Waals surface area contributed by atoms with Gasteiger partial charge in [0.05, 0.1) is 6.10 Å². The summed E-state index contributed by atoms with van der Waals surface area (Å²) in [6.45, 7) is 1.90. The average Bonchev–Trinajstić information content (AvgIpc) is 2.65. The zero-order valence-electron chi connectivity index (χ0n) is 10.3. The molecule has 1 aromatic heterocycles. The monoisotopic (exact) mass is 255 g/mol. The molecule has 1 aliphatic rings. The summed E-state index contributed by atoms with van der Waals surface area (Å²) < 4.78 is 12.1. The van der Waals surface area contributed by atoms with E-state index in [1.807, 2.05) is 6.92 Å². The lowest BCUT2D eigenvalue weighted by Crippen LogP contribution is -2.36. The van der Waals surface area contributed by atoms with Gasteiger partial charge in [-0.2, -0.15) is 4.98 Å². The summed E-state index contributed by atoms with van der Waals surface area (Å²) in [6.07, 6.45) is -0.284. The predicted molar refractivity (Wildman–Crippen MR) is 63.9 cm³/mol. The van der Waals surface area contributed by atoms with Gasteiger partial charge in [0, 0.05) is 13.3 Å². The van der Waals surface area contributed by atoms with Gasteiger partial charge in [0.1, 0.15) is 18.0 Å². The molecule has 1 fully saturated rings. The molecule has 1 aromatic rings. The third kappa shape index (κ3) is 2.12. The number of nitrogens with two attached hydrogens (primary N) is 1. The highest BCUT2D eigenvalue weighted by Gasteiger charge is 2.44. The maximum atomic E-state index is 11.7. The van der Waals surface area contributed by atoms with Gasteiger partial charge in [-0.05, 0) is 12.5 Å². The van der Waals surface area contributed by atoms with Gasteiger partial charge in [0.25, 0.3) is 0 Å². The molecule has 0 saturated carbocycles. The van der Waals surface area contributed by atoms with Crippen LogP contribution in [0.3, 0.4) is 0 Å². The lowest BCUT2D eigenvalue weighted by Gasteiger charge is -2.20. The Morgan fingerprint density at radius 1 is 1.67 bits per heavy atom. The fourth-order valence-electron chi connectivity index (χ4n) is 2.15. The Hall–Kier alpha value is -1.44. The Balaban J connectivity index is 2.35. The van der Waals surface area contributed by atoms with Crippen molar-refractivity contribution < 1.29 is 14.6 Å². The van der Waals surface area contributed by atoms with Crippen LogP contribution in [0.1, 0.15) is 19.6 Å². The van der Waals surface area contributed by atoms with E-state index in [0.29, 0.717) is 6.42 Å². The molecule has 4 atom stereocenters. The minimum atomic E-state index is -0.769. The summed E-state index contributed by atoms with van der Waals surface area (Å²) >= 11 is 0. The third-order valence-electron chi connectivity index (χ3n) is 3.11. The highest BCUT2D eigenvalue weighted by Crippen LogP contribution is 2.31. The van der Waals surface area contributed by atoms with Gasteiger partial charge in [0.15, 0.2) is 6.23 Å². The van der Waals surface area contributed by atoms with E-state index in [1.165, 1.54) is 23.9 Å². The minimum absolute atomic E-state index is 0.149. The predicted octanol–water partition coefficient (Wildman–Crippen LogP) is -0.491. The Labute approximate surface area is 104 Å². The molecule has 100 valence electrons. The van der Waals surface area contributed by atoms with Crippen molar-refractivity contribution in [3.8, 4) is 0 Å². The van der Waals surface area contributed by atoms with E-state index in [-0.39, 0.29) is 11.9 Å². The van der Waals surface area contributed by atoms with Gasteiger partial charge in [-0.15, -0.1) is 0 Å². The molecule has 2 unspecified atom stereocenters. The molecule has 0 aliphatic carbocycles. The Morgan fingerprint density at radius 2 is 2.39 bits per heavy atom. The van der Waals surface area contributed by atoms with Crippen LogP contribution in [0.25, 0.3) is 0 Å². The number of rotatable bonds is 3. The number of aromatic nitrogens is 2. The molecule has 7 heteroatoms. The van der Waals surface area contributed by atoms with Gasteiger partial charge in [0.2, 0.25) is 0 Å². The number of hydrogen-bond donors (Lipinski definition) is 2. The van der Waals surface area contributed by atoms with Crippen molar-refractivity contribution in [2.45, 2.75) is 37.9 Å². The molecule has 18 heavy (non-hydrogen) atoms. The molecule has 1 aliphatic heterocycles. The second-order valence-corrected chi connectivity index (χ2v) is 4.21. The number of hydrogen-bond acceptors (Lipinski definition) is 6. The van der Waals surface area contributed by atoms with Crippen molar-refractivity contribution in [1.29, 1.82) is 0 Å². The first-order chi connectivity index (χ1) is 8.58. The normalized spacial score (nSPS) is 31.7. The van der Waals surface area contributed by atoms with Crippen LogP contribution in [0.4, 0.5) is 5.82 Å². The fraction of sp³-hybridized carbons (Fsp3) is 0.636. The summed E-state index contributed by atoms with van der Waals surface area (Å²) in [5.74, 6) is 0.149. The second-order valence-electron chi connectivity index (χ2n) is 4.21. The SMILES string of the molecule is CC[C@H]1O[C@@H](n2ccc(N)nc2=O)C(OC)C1O. The second kappa shape index (κ2) is 5.05. The van der Waals surface area contributed by atoms with Gasteiger partial charge in [-0.3, -0.25) is 4.57 Å². The fourth-order valence-corrected chi connectivity index (χ4v) is 2.15. The first-order valence-electron chi connectivity index (χ1n) is 5.79. The van der Waals surface area contributed by atoms with Crippen molar-refractivity contribution in [3.05, 3.63) is 22.7 Å². The molecule has 7 nitrogen and oxygen atoms in total. The average molecular weight is 255 g/mol. The van der Waals surface area contributed by atoms with Crippen LogP contribution in [-0.2, 0) is 9.47 Å². The van der Waals surface area contributed by atoms with Crippen molar-refractivity contribution in [3.63, 3.8) is 0 Å². The van der Waals surface area contributed by atoms with Crippen LogP contribution < -0.4 is 11.4 Å². The lowest BCUT2D eigenvalue weighted by molar-refractivity contribution is -0.0541. The zero-order chi connectivity index (χ0) is 13.3. The Kier molecular flexibility index (Phi) is 3.65. The first-order valence-corrected chi connectivity index (χ1v) is 5.79. The molecule has 2 heterocycles. The van der Waals surface area contributed by atoms with Crippen molar-refractivity contribution in [2.24, 2.45) is 0 Å². The number of aliphatic hydroxyl groups excluding tert-OH is 1. The van der Waals surface area contributed by atoms with E-state index in [0.717, 1.165) is 0 Å². The van der Waals surface area contributed by atoms with Crippen LogP contribution >= 0.6 is 0 Å². The lowest BCUT2D eigenvalue weighted by atomic mass is 10.1. The van der Waals surface area contributed by atoms with E-state index in [9.17, 15) is 9.90 Å². The molecule has 1 saturated heterocycles. The molecule has 2 rings (SSSR count). The minimum Gasteiger partial charge on any atom is -0.388 e. The molecular weight excluding hydrogens is 238 g/mol. The number of anilines is 1. The quantitative estimate of drug-likeness (QED) is 0.756. The maximum absolute atomic E-state index is 11.7. The summed E-state index contributed by atoms with van der Waals surface area (Å²) in [6, 6.07) is 1.50. The summed E-state index contributed by atoms with van der Waals surface area (Å²) in [7, 11) is 1.47. The number of methoxy groups -OCH3 is 1. The van der Waals surface area contributed by atoms with E-state index in [4.69, 9.17) is 15.2 Å². The Bertz CT molecular complexity index is 476. The van der Waals surface area contributed by atoms with Crippen molar-refractivity contribution in [2.75, 3.05) is 12.8 Å². The van der Waals surface area contributed by atoms with Crippen LogP contribution in [0.5, 0.6) is 0 Å². The van der Waals surface area contributed by atoms with Gasteiger partial charge in [-0.1, -0.05) is 6.92 Å². The van der Waals surface area contributed by atoms with E-state index in [2.05, 4.69) is 4.98 Å². The maximum Gasteiger partial charge on any atom is 0.351 e. The van der Waals surface area contributed by atoms with E-state index in [1.54, 1.807) is 0 Å². The molecular formula is C11H17N3O4. The standard InChI is InChI=1S/C11H17N3O4/c1-3-6-8(15)9(17-2)10(18-6)14-5-4-7(12)13-11(14)16/h4-6,8-10,15H,3H2,1-2H3,(H2,12,13,16)/t6-,8?,9?,10-/m1/s1.